The molecule has 0 aliphatic carbocycles. The summed E-state index contributed by atoms with van der Waals surface area (Å²) in [6.07, 6.45) is 1.33. The smallest absolute Gasteiger partial charge is 0.257 e. The minimum absolute atomic E-state index is 0.0578. The van der Waals surface area contributed by atoms with Gasteiger partial charge in [0.1, 0.15) is 5.01 Å². The number of amides is 2. The number of aromatic nitrogens is 2. The quantitative estimate of drug-likeness (QED) is 0.585. The zero-order chi connectivity index (χ0) is 22.7. The first-order valence-corrected chi connectivity index (χ1v) is 11.1. The Balaban J connectivity index is 1.43. The predicted octanol–water partition coefficient (Wildman–Crippen LogP) is 3.89. The van der Waals surface area contributed by atoms with Gasteiger partial charge >= 0.3 is 0 Å². The molecule has 32 heavy (non-hydrogen) atoms. The van der Waals surface area contributed by atoms with E-state index >= 15 is 0 Å². The molecular weight excluding hydrogens is 428 g/mol. The number of aryl methyl sites for hydroxylation is 1. The van der Waals surface area contributed by atoms with Gasteiger partial charge in [-0.1, -0.05) is 30.4 Å². The normalized spacial score (nSPS) is 15.7. The second-order valence-electron chi connectivity index (χ2n) is 7.39. The fraction of sp³-hybridized carbons (Fsp3) is 0.304. The molecule has 1 saturated heterocycles. The number of methoxy groups -OCH3 is 2. The molecule has 1 fully saturated rings. The van der Waals surface area contributed by atoms with Gasteiger partial charge in [-0.25, -0.2) is 0 Å². The van der Waals surface area contributed by atoms with Gasteiger partial charge in [-0.05, 0) is 42.3 Å². The standard InChI is InChI=1S/C23H24N4O4S/c1-4-14-5-8-17(9-6-14)27-13-16(12-20(27)28)22-25-26-23(32-22)24-21(29)15-7-10-18(30-2)19(11-15)31-3/h5-11,16H,4,12-13H2,1-3H3,(H,24,26,29). The molecule has 0 saturated carbocycles. The van der Waals surface area contributed by atoms with Gasteiger partial charge in [-0.3, -0.25) is 14.9 Å². The Bertz CT molecular complexity index is 1130. The number of benzene rings is 2. The molecule has 166 valence electrons. The largest absolute Gasteiger partial charge is 0.493 e. The highest BCUT2D eigenvalue weighted by atomic mass is 32.1. The highest BCUT2D eigenvalue weighted by Gasteiger charge is 2.34. The summed E-state index contributed by atoms with van der Waals surface area (Å²) in [5, 5.41) is 12.2. The van der Waals surface area contributed by atoms with Crippen molar-refractivity contribution < 1.29 is 19.1 Å². The van der Waals surface area contributed by atoms with Gasteiger partial charge < -0.3 is 14.4 Å². The van der Waals surface area contributed by atoms with Crippen LogP contribution in [-0.2, 0) is 11.2 Å². The maximum Gasteiger partial charge on any atom is 0.257 e. The molecule has 9 heteroatoms. The van der Waals surface area contributed by atoms with Crippen LogP contribution in [0.1, 0.15) is 40.2 Å². The summed E-state index contributed by atoms with van der Waals surface area (Å²) in [5.74, 6) is 0.688. The average Bonchev–Trinajstić information content (AvgIpc) is 3.45. The number of ether oxygens (including phenoxy) is 2. The molecule has 1 atom stereocenters. The second kappa shape index (κ2) is 9.35. The number of hydrogen-bond acceptors (Lipinski definition) is 7. The van der Waals surface area contributed by atoms with E-state index in [4.69, 9.17) is 9.47 Å². The lowest BCUT2D eigenvalue weighted by molar-refractivity contribution is -0.117. The summed E-state index contributed by atoms with van der Waals surface area (Å²) < 4.78 is 10.5. The van der Waals surface area contributed by atoms with Gasteiger partial charge in [0.2, 0.25) is 11.0 Å². The topological polar surface area (TPSA) is 93.7 Å². The first-order chi connectivity index (χ1) is 15.5. The van der Waals surface area contributed by atoms with Crippen LogP contribution in [0.4, 0.5) is 10.8 Å². The first-order valence-electron chi connectivity index (χ1n) is 10.3. The van der Waals surface area contributed by atoms with E-state index in [-0.39, 0.29) is 17.7 Å². The Morgan fingerprint density at radius 3 is 2.56 bits per heavy atom. The van der Waals surface area contributed by atoms with E-state index in [0.717, 1.165) is 17.1 Å². The molecule has 1 aliphatic rings. The predicted molar refractivity (Wildman–Crippen MR) is 123 cm³/mol. The lowest BCUT2D eigenvalue weighted by Gasteiger charge is -2.16. The van der Waals surface area contributed by atoms with E-state index < -0.39 is 0 Å². The van der Waals surface area contributed by atoms with Crippen molar-refractivity contribution in [1.82, 2.24) is 10.2 Å². The van der Waals surface area contributed by atoms with Crippen LogP contribution in [0, 0.1) is 0 Å². The molecule has 0 bridgehead atoms. The fourth-order valence-corrected chi connectivity index (χ4v) is 4.46. The van der Waals surface area contributed by atoms with Crippen LogP contribution in [-0.4, -0.2) is 42.8 Å². The lowest BCUT2D eigenvalue weighted by Crippen LogP contribution is -2.24. The van der Waals surface area contributed by atoms with Crippen molar-refractivity contribution in [3.63, 3.8) is 0 Å². The Morgan fingerprint density at radius 2 is 1.88 bits per heavy atom. The summed E-state index contributed by atoms with van der Waals surface area (Å²) >= 11 is 1.29. The van der Waals surface area contributed by atoms with E-state index in [0.29, 0.717) is 35.2 Å². The lowest BCUT2D eigenvalue weighted by atomic mass is 10.1. The van der Waals surface area contributed by atoms with Crippen molar-refractivity contribution in [1.29, 1.82) is 0 Å². The van der Waals surface area contributed by atoms with E-state index in [1.54, 1.807) is 23.1 Å². The van der Waals surface area contributed by atoms with Crippen molar-refractivity contribution in [2.75, 3.05) is 31.0 Å². The zero-order valence-corrected chi connectivity index (χ0v) is 18.9. The number of anilines is 2. The minimum Gasteiger partial charge on any atom is -0.493 e. The monoisotopic (exact) mass is 452 g/mol. The number of hydrogen-bond donors (Lipinski definition) is 1. The number of carbonyl (C=O) groups excluding carboxylic acids is 2. The Labute approximate surface area is 190 Å². The highest BCUT2D eigenvalue weighted by molar-refractivity contribution is 7.15. The maximum atomic E-state index is 12.6. The van der Waals surface area contributed by atoms with Crippen molar-refractivity contribution in [2.24, 2.45) is 0 Å². The van der Waals surface area contributed by atoms with E-state index in [2.05, 4.69) is 22.4 Å². The summed E-state index contributed by atoms with van der Waals surface area (Å²) in [4.78, 5) is 27.0. The van der Waals surface area contributed by atoms with Crippen LogP contribution >= 0.6 is 11.3 Å². The third-order valence-electron chi connectivity index (χ3n) is 5.44. The third kappa shape index (κ3) is 4.43. The van der Waals surface area contributed by atoms with Crippen LogP contribution in [0.3, 0.4) is 0 Å². The number of nitrogens with zero attached hydrogens (tertiary/aromatic N) is 3. The van der Waals surface area contributed by atoms with E-state index in [1.165, 1.54) is 31.1 Å². The van der Waals surface area contributed by atoms with Gasteiger partial charge in [-0.2, -0.15) is 0 Å². The Kier molecular flexibility index (Phi) is 6.36. The Hall–Kier alpha value is -3.46. The molecular formula is C23H24N4O4S. The van der Waals surface area contributed by atoms with E-state index in [9.17, 15) is 9.59 Å². The minimum atomic E-state index is -0.325. The summed E-state index contributed by atoms with van der Waals surface area (Å²) in [6, 6.07) is 13.0. The Morgan fingerprint density at radius 1 is 1.12 bits per heavy atom. The van der Waals surface area contributed by atoms with Gasteiger partial charge in [-0.15, -0.1) is 10.2 Å². The molecule has 1 aliphatic heterocycles. The van der Waals surface area contributed by atoms with Gasteiger partial charge in [0.15, 0.2) is 11.5 Å². The van der Waals surface area contributed by atoms with Gasteiger partial charge in [0.25, 0.3) is 5.91 Å². The van der Waals surface area contributed by atoms with Crippen LogP contribution in [0.5, 0.6) is 11.5 Å². The van der Waals surface area contributed by atoms with Crippen molar-refractivity contribution in [3.05, 3.63) is 58.6 Å². The SMILES string of the molecule is CCc1ccc(N2CC(c3nnc(NC(=O)c4ccc(OC)c(OC)c4)s3)CC2=O)cc1. The number of nitrogens with one attached hydrogen (secondary N) is 1. The molecule has 1 N–H and O–H groups in total. The third-order valence-corrected chi connectivity index (χ3v) is 6.44. The molecule has 2 heterocycles. The van der Waals surface area contributed by atoms with Crippen molar-refractivity contribution in [3.8, 4) is 11.5 Å². The fourth-order valence-electron chi connectivity index (χ4n) is 3.63. The molecule has 0 radical (unpaired) electrons. The maximum absolute atomic E-state index is 12.6. The summed E-state index contributed by atoms with van der Waals surface area (Å²) in [7, 11) is 3.05. The van der Waals surface area contributed by atoms with Gasteiger partial charge in [0.05, 0.1) is 14.2 Å². The van der Waals surface area contributed by atoms with Gasteiger partial charge in [0, 0.05) is 30.1 Å². The molecule has 0 spiro atoms. The zero-order valence-electron chi connectivity index (χ0n) is 18.1. The summed E-state index contributed by atoms with van der Waals surface area (Å²) in [6.45, 7) is 2.64. The number of carbonyl (C=O) groups is 2. The van der Waals surface area contributed by atoms with E-state index in [1.807, 2.05) is 24.3 Å². The van der Waals surface area contributed by atoms with Crippen LogP contribution in [0.15, 0.2) is 42.5 Å². The first kappa shape index (κ1) is 21.8. The molecule has 8 nitrogen and oxygen atoms in total. The second-order valence-corrected chi connectivity index (χ2v) is 8.40. The molecule has 1 aromatic heterocycles. The molecule has 2 aromatic carbocycles. The summed E-state index contributed by atoms with van der Waals surface area (Å²) in [5.41, 5.74) is 2.54. The number of rotatable bonds is 7. The molecule has 3 aromatic rings. The van der Waals surface area contributed by atoms with Crippen LogP contribution < -0.4 is 19.7 Å². The molecule has 1 unspecified atom stereocenters. The molecule has 4 rings (SSSR count). The van der Waals surface area contributed by atoms with Crippen LogP contribution in [0.25, 0.3) is 0 Å². The van der Waals surface area contributed by atoms with Crippen molar-refractivity contribution in [2.45, 2.75) is 25.7 Å². The highest BCUT2D eigenvalue weighted by Crippen LogP contribution is 2.34. The van der Waals surface area contributed by atoms with Crippen molar-refractivity contribution >= 4 is 34.0 Å². The average molecular weight is 453 g/mol. The molecule has 2 amide bonds. The van der Waals surface area contributed by atoms with Crippen LogP contribution in [0.2, 0.25) is 0 Å².